The number of unbranched alkanes of at least 4 members (excludes halogenated alkanes) is 50. The number of esters is 4. The number of carbonyl (C=O) groups excluding carboxylic acids is 4. The predicted octanol–water partition coefficient (Wildman–Crippen LogP) is 25.1. The Bertz CT molecular complexity index is 1960. The summed E-state index contributed by atoms with van der Waals surface area (Å²) in [4.78, 5) is 73.1. The van der Waals surface area contributed by atoms with Crippen molar-refractivity contribution in [2.45, 2.75) is 458 Å². The van der Waals surface area contributed by atoms with Crippen LogP contribution in [0.3, 0.4) is 0 Å². The molecule has 0 saturated carbocycles. The summed E-state index contributed by atoms with van der Waals surface area (Å²) in [5.74, 6) is -0.526. The number of ether oxygens (including phenoxy) is 4. The number of phosphoric ester groups is 2. The van der Waals surface area contributed by atoms with E-state index < -0.39 is 97.5 Å². The van der Waals surface area contributed by atoms with Gasteiger partial charge in [0, 0.05) is 25.7 Å². The number of hydrogen-bond acceptors (Lipinski definition) is 15. The number of hydrogen-bond donors (Lipinski definition) is 3. The maximum absolute atomic E-state index is 13.1. The lowest BCUT2D eigenvalue weighted by Crippen LogP contribution is -2.30. The fourth-order valence-electron chi connectivity index (χ4n) is 12.8. The van der Waals surface area contributed by atoms with Gasteiger partial charge in [-0.3, -0.25) is 37.3 Å². The third-order valence-electron chi connectivity index (χ3n) is 20.2. The largest absolute Gasteiger partial charge is 0.472 e. The van der Waals surface area contributed by atoms with Crippen LogP contribution in [0.15, 0.2) is 0 Å². The second kappa shape index (κ2) is 74.5. The SMILES string of the molecule is CCCCCCCCCCCCCCCCCCCCCCCC(=O)O[C@H](COC(=O)CCCCCCCCCCCCCCCCC)COP(=O)(O)OC[C@@H](O)COP(=O)(O)OC[C@@H](COC(=O)CCCCCCCCCCC(C)CC)OC(=O)CCCCCCCCCCCCC(C)CC. The van der Waals surface area contributed by atoms with E-state index in [1.54, 1.807) is 0 Å². The number of aliphatic hydroxyl groups is 1. The molecule has 0 saturated heterocycles. The van der Waals surface area contributed by atoms with E-state index >= 15 is 0 Å². The summed E-state index contributed by atoms with van der Waals surface area (Å²) in [5, 5.41) is 10.7. The maximum atomic E-state index is 13.1. The van der Waals surface area contributed by atoms with Gasteiger partial charge in [-0.05, 0) is 37.5 Å². The first-order valence-electron chi connectivity index (χ1n) is 43.1. The molecule has 0 amide bonds. The Balaban J connectivity index is 5.25. The lowest BCUT2D eigenvalue weighted by Gasteiger charge is -2.21. The van der Waals surface area contributed by atoms with Gasteiger partial charge >= 0.3 is 39.5 Å². The summed E-state index contributed by atoms with van der Waals surface area (Å²) in [6, 6.07) is 0. The van der Waals surface area contributed by atoms with Crippen molar-refractivity contribution in [2.75, 3.05) is 39.6 Å². The van der Waals surface area contributed by atoms with Gasteiger partial charge < -0.3 is 33.8 Å². The fraction of sp³-hybridized carbons (Fsp3) is 0.952. The molecule has 0 spiro atoms. The van der Waals surface area contributed by atoms with E-state index in [0.717, 1.165) is 102 Å². The molecule has 0 aliphatic carbocycles. The van der Waals surface area contributed by atoms with Gasteiger partial charge in [-0.1, -0.05) is 388 Å². The van der Waals surface area contributed by atoms with Crippen LogP contribution in [0.25, 0.3) is 0 Å². The van der Waals surface area contributed by atoms with Crippen LogP contribution in [0.1, 0.15) is 440 Å². The van der Waals surface area contributed by atoms with Gasteiger partial charge in [-0.2, -0.15) is 0 Å². The van der Waals surface area contributed by atoms with Crippen LogP contribution in [0, 0.1) is 11.8 Å². The molecule has 0 aromatic carbocycles. The summed E-state index contributed by atoms with van der Waals surface area (Å²) in [7, 11) is -9.92. The van der Waals surface area contributed by atoms with E-state index in [1.807, 2.05) is 0 Å². The van der Waals surface area contributed by atoms with E-state index in [1.165, 1.54) is 257 Å². The summed E-state index contributed by atoms with van der Waals surface area (Å²) < 4.78 is 68.8. The minimum absolute atomic E-state index is 0.106. The normalized spacial score (nSPS) is 14.4. The Labute approximate surface area is 626 Å². The van der Waals surface area contributed by atoms with Crippen LogP contribution < -0.4 is 0 Å². The Morgan fingerprint density at radius 2 is 0.471 bits per heavy atom. The smallest absolute Gasteiger partial charge is 0.462 e. The predicted molar refractivity (Wildman–Crippen MR) is 418 cm³/mol. The average molecular weight is 1490 g/mol. The first kappa shape index (κ1) is 100. The van der Waals surface area contributed by atoms with Gasteiger partial charge in [0.05, 0.1) is 26.4 Å². The van der Waals surface area contributed by atoms with Gasteiger partial charge in [0.25, 0.3) is 0 Å². The summed E-state index contributed by atoms with van der Waals surface area (Å²) in [6.45, 7) is 9.68. The van der Waals surface area contributed by atoms with E-state index in [9.17, 15) is 43.2 Å². The number of rotatable bonds is 82. The van der Waals surface area contributed by atoms with Gasteiger partial charge in [0.1, 0.15) is 19.3 Å². The molecule has 17 nitrogen and oxygen atoms in total. The maximum Gasteiger partial charge on any atom is 0.472 e. The molecule has 0 aromatic rings. The topological polar surface area (TPSA) is 237 Å². The molecular weight excluding hydrogens is 1330 g/mol. The molecule has 0 heterocycles. The minimum atomic E-state index is -4.96. The molecule has 0 fully saturated rings. The standard InChI is InChI=1S/C83H162O17P2/c1-7-11-13-15-17-19-21-23-25-26-27-28-29-30-32-34-36-41-49-55-61-67-82(87)99-78(71-93-80(85)65-59-53-47-40-35-33-31-24-22-20-18-16-14-12-8-2)73-97-101(89,90)95-69-77(84)70-96-102(91,92)98-74-79(72-94-81(86)66-60-54-48-44-43-46-52-58-64-76(6)10-4)100-83(88)68-62-56-50-42-38-37-39-45-51-57-63-75(5)9-3/h75-79,84H,7-74H2,1-6H3,(H,89,90)(H,91,92)/t75?,76?,77-,78-,79-/m1/s1. The molecule has 0 aliphatic rings. The van der Waals surface area contributed by atoms with Gasteiger partial charge in [0.2, 0.25) is 0 Å². The van der Waals surface area contributed by atoms with E-state index in [-0.39, 0.29) is 25.7 Å². The zero-order chi connectivity index (χ0) is 74.9. The number of carbonyl (C=O) groups is 4. The van der Waals surface area contributed by atoms with Crippen LogP contribution in [-0.4, -0.2) is 96.7 Å². The van der Waals surface area contributed by atoms with Gasteiger partial charge in [-0.15, -0.1) is 0 Å². The van der Waals surface area contributed by atoms with Crippen LogP contribution in [0.2, 0.25) is 0 Å². The third kappa shape index (κ3) is 73.6. The van der Waals surface area contributed by atoms with Crippen molar-refractivity contribution in [1.29, 1.82) is 0 Å². The Morgan fingerprint density at radius 3 is 0.696 bits per heavy atom. The van der Waals surface area contributed by atoms with Crippen molar-refractivity contribution in [2.24, 2.45) is 11.8 Å². The monoisotopic (exact) mass is 1490 g/mol. The average Bonchev–Trinajstić information content (AvgIpc) is 0.914. The molecular formula is C83H162O17P2. The first-order chi connectivity index (χ1) is 49.4. The summed E-state index contributed by atoms with van der Waals surface area (Å²) >= 11 is 0. The Kier molecular flexibility index (Phi) is 73.1. The molecule has 3 N–H and O–H groups in total. The second-order valence-electron chi connectivity index (χ2n) is 30.4. The van der Waals surface area contributed by atoms with Crippen LogP contribution in [0.4, 0.5) is 0 Å². The molecule has 7 atom stereocenters. The highest BCUT2D eigenvalue weighted by Gasteiger charge is 2.30. The van der Waals surface area contributed by atoms with Crippen LogP contribution >= 0.6 is 15.6 Å². The fourth-order valence-corrected chi connectivity index (χ4v) is 14.4. The quantitative estimate of drug-likeness (QED) is 0.0222. The highest BCUT2D eigenvalue weighted by Crippen LogP contribution is 2.45. The second-order valence-corrected chi connectivity index (χ2v) is 33.3. The molecule has 0 radical (unpaired) electrons. The molecule has 0 aliphatic heterocycles. The molecule has 0 aromatic heterocycles. The molecule has 19 heteroatoms. The van der Waals surface area contributed by atoms with Crippen molar-refractivity contribution in [1.82, 2.24) is 0 Å². The number of aliphatic hydroxyl groups excluding tert-OH is 1. The number of phosphoric acid groups is 2. The summed E-state index contributed by atoms with van der Waals surface area (Å²) in [5.41, 5.74) is 0. The van der Waals surface area contributed by atoms with Crippen molar-refractivity contribution in [3.8, 4) is 0 Å². The molecule has 4 unspecified atom stereocenters. The van der Waals surface area contributed by atoms with E-state index in [4.69, 9.17) is 37.0 Å². The molecule has 0 bridgehead atoms. The zero-order valence-electron chi connectivity index (χ0n) is 66.9. The highest BCUT2D eigenvalue weighted by molar-refractivity contribution is 7.47. The van der Waals surface area contributed by atoms with Crippen molar-refractivity contribution < 1.29 is 80.2 Å². The van der Waals surface area contributed by atoms with Crippen molar-refractivity contribution in [3.63, 3.8) is 0 Å². The highest BCUT2D eigenvalue weighted by atomic mass is 31.2. The van der Waals surface area contributed by atoms with E-state index in [2.05, 4.69) is 41.5 Å². The molecule has 0 rings (SSSR count). The Morgan fingerprint density at radius 1 is 0.275 bits per heavy atom. The third-order valence-corrected chi connectivity index (χ3v) is 22.1. The first-order valence-corrected chi connectivity index (χ1v) is 46.1. The van der Waals surface area contributed by atoms with Crippen molar-refractivity contribution >= 4 is 39.5 Å². The summed E-state index contributed by atoms with van der Waals surface area (Å²) in [6.07, 6.45) is 65.1. The minimum Gasteiger partial charge on any atom is -0.462 e. The van der Waals surface area contributed by atoms with Crippen LogP contribution in [0.5, 0.6) is 0 Å². The zero-order valence-corrected chi connectivity index (χ0v) is 68.7. The van der Waals surface area contributed by atoms with Gasteiger partial charge in [0.15, 0.2) is 12.2 Å². The van der Waals surface area contributed by atoms with E-state index in [0.29, 0.717) is 25.7 Å². The van der Waals surface area contributed by atoms with Crippen molar-refractivity contribution in [3.05, 3.63) is 0 Å². The Hall–Kier alpha value is -1.94. The van der Waals surface area contributed by atoms with Gasteiger partial charge in [-0.25, -0.2) is 9.13 Å². The molecule has 102 heavy (non-hydrogen) atoms. The lowest BCUT2D eigenvalue weighted by molar-refractivity contribution is -0.161. The molecule has 606 valence electrons. The van der Waals surface area contributed by atoms with Crippen LogP contribution in [-0.2, 0) is 65.4 Å². The lowest BCUT2D eigenvalue weighted by atomic mass is 9.99.